The monoisotopic (exact) mass is 177 g/mol. The van der Waals surface area contributed by atoms with Gasteiger partial charge in [0.25, 0.3) is 0 Å². The topological polar surface area (TPSA) is 12.4 Å². The average Bonchev–Trinajstić information content (AvgIpc) is 2.26. The molecule has 1 aliphatic heterocycles. The van der Waals surface area contributed by atoms with E-state index >= 15 is 0 Å². The molecule has 0 unspecified atom stereocenters. The predicted octanol–water partition coefficient (Wildman–Crippen LogP) is 3.73. The van der Waals surface area contributed by atoms with Crippen molar-refractivity contribution in [3.05, 3.63) is 23.4 Å². The summed E-state index contributed by atoms with van der Waals surface area (Å²) in [4.78, 5) is 4.47. The van der Waals surface area contributed by atoms with Crippen LogP contribution < -0.4 is 0 Å². The fraction of sp³-hybridized carbons (Fsp3) is 0.583. The molecule has 0 aromatic rings. The van der Waals surface area contributed by atoms with Crippen LogP contribution in [0.25, 0.3) is 0 Å². The van der Waals surface area contributed by atoms with E-state index in [2.05, 4.69) is 45.0 Å². The van der Waals surface area contributed by atoms with Gasteiger partial charge in [-0.2, -0.15) is 0 Å². The van der Waals surface area contributed by atoms with E-state index in [1.807, 2.05) is 0 Å². The Morgan fingerprint density at radius 2 is 2.15 bits per heavy atom. The van der Waals surface area contributed by atoms with Crippen molar-refractivity contribution in [2.24, 2.45) is 10.9 Å². The van der Waals surface area contributed by atoms with E-state index in [9.17, 15) is 0 Å². The lowest BCUT2D eigenvalue weighted by Gasteiger charge is -2.08. The van der Waals surface area contributed by atoms with Crippen molar-refractivity contribution < 1.29 is 0 Å². The van der Waals surface area contributed by atoms with Crippen molar-refractivity contribution in [3.63, 3.8) is 0 Å². The second kappa shape index (κ2) is 4.40. The average molecular weight is 177 g/mol. The highest BCUT2D eigenvalue weighted by molar-refractivity contribution is 5.96. The standard InChI is InChI=1S/C12H19N/c1-5-12-7-10(4)6-11(8-13-12)9(2)3/h7-9H,5-6H2,1-4H3. The molecule has 0 aliphatic carbocycles. The number of aliphatic imine (C=N–C) groups is 1. The fourth-order valence-electron chi connectivity index (χ4n) is 1.45. The van der Waals surface area contributed by atoms with Gasteiger partial charge in [0.2, 0.25) is 0 Å². The van der Waals surface area contributed by atoms with Crippen LogP contribution in [0.3, 0.4) is 0 Å². The molecule has 0 amide bonds. The van der Waals surface area contributed by atoms with Gasteiger partial charge in [-0.3, -0.25) is 4.99 Å². The van der Waals surface area contributed by atoms with Gasteiger partial charge in [0.15, 0.2) is 0 Å². The Morgan fingerprint density at radius 1 is 1.46 bits per heavy atom. The molecule has 72 valence electrons. The van der Waals surface area contributed by atoms with Crippen LogP contribution in [-0.4, -0.2) is 5.71 Å². The molecular weight excluding hydrogens is 158 g/mol. The SMILES string of the molecule is CCC1=NC=C(C(C)C)CC(C)=C1. The summed E-state index contributed by atoms with van der Waals surface area (Å²) in [6.45, 7) is 8.79. The Hall–Kier alpha value is -0.850. The number of hydrogen-bond donors (Lipinski definition) is 0. The highest BCUT2D eigenvalue weighted by atomic mass is 14.7. The number of rotatable bonds is 2. The molecule has 1 heteroatoms. The lowest BCUT2D eigenvalue weighted by Crippen LogP contribution is -1.93. The predicted molar refractivity (Wildman–Crippen MR) is 59.0 cm³/mol. The second-order valence-corrected chi connectivity index (χ2v) is 4.00. The van der Waals surface area contributed by atoms with E-state index in [1.165, 1.54) is 16.9 Å². The zero-order chi connectivity index (χ0) is 9.84. The largest absolute Gasteiger partial charge is 0.261 e. The molecule has 0 fully saturated rings. The maximum Gasteiger partial charge on any atom is 0.0400 e. The molecule has 0 saturated heterocycles. The quantitative estimate of drug-likeness (QED) is 0.609. The van der Waals surface area contributed by atoms with E-state index in [0.717, 1.165) is 12.8 Å². The van der Waals surface area contributed by atoms with Gasteiger partial charge in [0.05, 0.1) is 0 Å². The van der Waals surface area contributed by atoms with E-state index in [-0.39, 0.29) is 0 Å². The molecule has 0 spiro atoms. The number of nitrogens with zero attached hydrogens (tertiary/aromatic N) is 1. The third-order valence-electron chi connectivity index (χ3n) is 2.40. The molecule has 1 heterocycles. The zero-order valence-corrected chi connectivity index (χ0v) is 9.09. The summed E-state index contributed by atoms with van der Waals surface area (Å²) in [5, 5.41) is 0. The van der Waals surface area contributed by atoms with Crippen LogP contribution in [0, 0.1) is 5.92 Å². The van der Waals surface area contributed by atoms with Crippen molar-refractivity contribution >= 4 is 5.71 Å². The summed E-state index contributed by atoms with van der Waals surface area (Å²) < 4.78 is 0. The summed E-state index contributed by atoms with van der Waals surface area (Å²) in [5.74, 6) is 0.614. The Labute approximate surface area is 81.3 Å². The first-order valence-electron chi connectivity index (χ1n) is 5.06. The van der Waals surface area contributed by atoms with E-state index in [1.54, 1.807) is 0 Å². The summed E-state index contributed by atoms with van der Waals surface area (Å²) >= 11 is 0. The van der Waals surface area contributed by atoms with Gasteiger partial charge in [0, 0.05) is 11.9 Å². The molecule has 13 heavy (non-hydrogen) atoms. The first-order chi connectivity index (χ1) is 6.13. The van der Waals surface area contributed by atoms with Gasteiger partial charge in [-0.1, -0.05) is 26.3 Å². The first-order valence-corrected chi connectivity index (χ1v) is 5.06. The Bertz CT molecular complexity index is 267. The Kier molecular flexibility index (Phi) is 3.47. The smallest absolute Gasteiger partial charge is 0.0400 e. The van der Waals surface area contributed by atoms with Crippen molar-refractivity contribution in [2.75, 3.05) is 0 Å². The number of hydrogen-bond acceptors (Lipinski definition) is 1. The molecule has 0 atom stereocenters. The Balaban J connectivity index is 2.90. The minimum Gasteiger partial charge on any atom is -0.261 e. The maximum atomic E-state index is 4.47. The van der Waals surface area contributed by atoms with Crippen LogP contribution in [0.4, 0.5) is 0 Å². The van der Waals surface area contributed by atoms with Crippen LogP contribution in [0.5, 0.6) is 0 Å². The van der Waals surface area contributed by atoms with Gasteiger partial charge in [-0.05, 0) is 37.3 Å². The molecule has 0 radical (unpaired) electrons. The van der Waals surface area contributed by atoms with Crippen molar-refractivity contribution in [1.29, 1.82) is 0 Å². The van der Waals surface area contributed by atoms with E-state index in [0.29, 0.717) is 5.92 Å². The summed E-state index contributed by atoms with van der Waals surface area (Å²) in [5.41, 5.74) is 4.07. The normalized spacial score (nSPS) is 17.8. The third kappa shape index (κ3) is 2.83. The van der Waals surface area contributed by atoms with Crippen molar-refractivity contribution in [1.82, 2.24) is 0 Å². The minimum absolute atomic E-state index is 0.614. The first kappa shape index (κ1) is 10.2. The van der Waals surface area contributed by atoms with Crippen molar-refractivity contribution in [2.45, 2.75) is 40.5 Å². The highest BCUT2D eigenvalue weighted by Crippen LogP contribution is 2.21. The maximum absolute atomic E-state index is 4.47. The van der Waals surface area contributed by atoms with Crippen LogP contribution in [0.2, 0.25) is 0 Å². The molecule has 0 N–H and O–H groups in total. The van der Waals surface area contributed by atoms with Crippen LogP contribution in [-0.2, 0) is 0 Å². The minimum atomic E-state index is 0.614. The Morgan fingerprint density at radius 3 is 2.69 bits per heavy atom. The highest BCUT2D eigenvalue weighted by Gasteiger charge is 2.07. The lowest BCUT2D eigenvalue weighted by molar-refractivity contribution is 0.736. The van der Waals surface area contributed by atoms with E-state index in [4.69, 9.17) is 0 Å². The van der Waals surface area contributed by atoms with Crippen LogP contribution in [0.15, 0.2) is 28.4 Å². The second-order valence-electron chi connectivity index (χ2n) is 4.00. The van der Waals surface area contributed by atoms with Gasteiger partial charge >= 0.3 is 0 Å². The van der Waals surface area contributed by atoms with Crippen LogP contribution in [0.1, 0.15) is 40.5 Å². The lowest BCUT2D eigenvalue weighted by atomic mass is 9.97. The summed E-state index contributed by atoms with van der Waals surface area (Å²) in [7, 11) is 0. The van der Waals surface area contributed by atoms with Crippen molar-refractivity contribution in [3.8, 4) is 0 Å². The van der Waals surface area contributed by atoms with E-state index < -0.39 is 0 Å². The third-order valence-corrected chi connectivity index (χ3v) is 2.40. The summed E-state index contributed by atoms with van der Waals surface area (Å²) in [6, 6.07) is 0. The molecule has 1 rings (SSSR count). The molecule has 0 bridgehead atoms. The van der Waals surface area contributed by atoms with Gasteiger partial charge in [-0.25, -0.2) is 0 Å². The molecule has 0 aromatic carbocycles. The molecule has 0 saturated carbocycles. The molecular formula is C12H19N. The molecule has 0 aromatic heterocycles. The molecule has 1 aliphatic rings. The van der Waals surface area contributed by atoms with Gasteiger partial charge in [0.1, 0.15) is 0 Å². The fourth-order valence-corrected chi connectivity index (χ4v) is 1.45. The summed E-state index contributed by atoms with van der Waals surface area (Å²) in [6.07, 6.45) is 6.38. The van der Waals surface area contributed by atoms with Crippen LogP contribution >= 0.6 is 0 Å². The molecule has 1 nitrogen and oxygen atoms in total. The number of allylic oxidation sites excluding steroid dienone is 3. The van der Waals surface area contributed by atoms with Gasteiger partial charge in [-0.15, -0.1) is 0 Å². The zero-order valence-electron chi connectivity index (χ0n) is 9.09. The van der Waals surface area contributed by atoms with Gasteiger partial charge < -0.3 is 0 Å².